The van der Waals surface area contributed by atoms with E-state index in [0.717, 1.165) is 12.5 Å². The second-order valence-corrected chi connectivity index (χ2v) is 5.82. The van der Waals surface area contributed by atoms with Crippen molar-refractivity contribution in [3.8, 4) is 0 Å². The summed E-state index contributed by atoms with van der Waals surface area (Å²) in [6.45, 7) is 1.62. The number of carboxylic acids is 1. The minimum absolute atomic E-state index is 0.389. The van der Waals surface area contributed by atoms with Crippen molar-refractivity contribution in [2.75, 3.05) is 11.8 Å². The van der Waals surface area contributed by atoms with E-state index in [0.29, 0.717) is 12.2 Å². The van der Waals surface area contributed by atoms with Crippen LogP contribution in [-0.4, -0.2) is 31.8 Å². The van der Waals surface area contributed by atoms with Crippen LogP contribution in [0.2, 0.25) is 0 Å². The number of hydrogen-bond acceptors (Lipinski definition) is 4. The molecule has 100 valence electrons. The minimum Gasteiger partial charge on any atom is -0.480 e. The predicted molar refractivity (Wildman–Crippen MR) is 68.8 cm³/mol. The van der Waals surface area contributed by atoms with Crippen LogP contribution >= 0.6 is 0 Å². The van der Waals surface area contributed by atoms with E-state index in [4.69, 9.17) is 5.11 Å². The summed E-state index contributed by atoms with van der Waals surface area (Å²) < 4.78 is 25.9. The zero-order valence-electron chi connectivity index (χ0n) is 10.2. The fourth-order valence-electron chi connectivity index (χ4n) is 1.34. The number of carbonyl (C=O) groups is 1. The van der Waals surface area contributed by atoms with E-state index < -0.39 is 21.2 Å². The first-order valence-corrected chi connectivity index (χ1v) is 6.90. The van der Waals surface area contributed by atoms with Crippen LogP contribution in [0.1, 0.15) is 12.5 Å². The third-order valence-corrected chi connectivity index (χ3v) is 4.09. The molecule has 0 aliphatic rings. The highest BCUT2D eigenvalue weighted by Gasteiger charge is 2.27. The van der Waals surface area contributed by atoms with E-state index in [1.54, 1.807) is 31.3 Å². The number of nitrogens with one attached hydrogen (secondary N) is 2. The summed E-state index contributed by atoms with van der Waals surface area (Å²) in [6, 6.07) is 6.83. The zero-order valence-corrected chi connectivity index (χ0v) is 11.0. The lowest BCUT2D eigenvalue weighted by Crippen LogP contribution is -2.32. The highest BCUT2D eigenvalue weighted by atomic mass is 32.2. The number of sulfonamides is 1. The molecule has 18 heavy (non-hydrogen) atoms. The van der Waals surface area contributed by atoms with Gasteiger partial charge in [-0.1, -0.05) is 18.2 Å². The van der Waals surface area contributed by atoms with Crippen LogP contribution in [0.15, 0.2) is 24.3 Å². The van der Waals surface area contributed by atoms with Crippen molar-refractivity contribution in [1.29, 1.82) is 0 Å². The third kappa shape index (κ3) is 3.44. The topological polar surface area (TPSA) is 95.5 Å². The molecule has 0 aliphatic heterocycles. The molecule has 0 saturated heterocycles. The van der Waals surface area contributed by atoms with Crippen molar-refractivity contribution in [3.05, 3.63) is 29.8 Å². The van der Waals surface area contributed by atoms with E-state index in [1.165, 1.54) is 0 Å². The van der Waals surface area contributed by atoms with E-state index in [-0.39, 0.29) is 0 Å². The lowest BCUT2D eigenvalue weighted by atomic mass is 10.2. The van der Waals surface area contributed by atoms with Crippen molar-refractivity contribution in [2.24, 2.45) is 0 Å². The average molecular weight is 272 g/mol. The second-order valence-electron chi connectivity index (χ2n) is 3.82. The molecule has 1 unspecified atom stereocenters. The Bertz CT molecular complexity index is 528. The number of benzene rings is 1. The van der Waals surface area contributed by atoms with Gasteiger partial charge in [-0.2, -0.15) is 0 Å². The molecule has 0 aromatic heterocycles. The van der Waals surface area contributed by atoms with Crippen LogP contribution in [0.3, 0.4) is 0 Å². The lowest BCUT2D eigenvalue weighted by molar-refractivity contribution is -0.136. The molecule has 0 bridgehead atoms. The Balaban J connectivity index is 3.01. The van der Waals surface area contributed by atoms with Gasteiger partial charge in [0.15, 0.2) is 5.25 Å². The highest BCUT2D eigenvalue weighted by Crippen LogP contribution is 2.17. The van der Waals surface area contributed by atoms with E-state index in [2.05, 4.69) is 10.0 Å². The molecule has 0 spiro atoms. The third-order valence-electron chi connectivity index (χ3n) is 2.45. The average Bonchev–Trinajstić information content (AvgIpc) is 2.30. The van der Waals surface area contributed by atoms with E-state index in [9.17, 15) is 13.2 Å². The Kier molecular flexibility index (Phi) is 4.69. The Labute approximate surface area is 106 Å². The molecule has 7 heteroatoms. The Morgan fingerprint density at radius 3 is 2.56 bits per heavy atom. The predicted octanol–water partition coefficient (Wildman–Crippen LogP) is 0.621. The van der Waals surface area contributed by atoms with Crippen molar-refractivity contribution in [1.82, 2.24) is 5.32 Å². The van der Waals surface area contributed by atoms with Gasteiger partial charge in [-0.25, -0.2) is 8.42 Å². The summed E-state index contributed by atoms with van der Waals surface area (Å²) in [5.41, 5.74) is 1.14. The van der Waals surface area contributed by atoms with Crippen LogP contribution in [0.4, 0.5) is 5.69 Å². The van der Waals surface area contributed by atoms with Gasteiger partial charge in [0.1, 0.15) is 0 Å². The number of hydrogen-bond donors (Lipinski definition) is 3. The van der Waals surface area contributed by atoms with E-state index in [1.807, 2.05) is 0 Å². The molecular weight excluding hydrogens is 256 g/mol. The summed E-state index contributed by atoms with van der Waals surface area (Å²) in [4.78, 5) is 10.7. The molecule has 3 N–H and O–H groups in total. The van der Waals surface area contributed by atoms with Crippen molar-refractivity contribution < 1.29 is 18.3 Å². The van der Waals surface area contributed by atoms with Crippen LogP contribution in [0.25, 0.3) is 0 Å². The number of rotatable bonds is 6. The molecule has 0 amide bonds. The van der Waals surface area contributed by atoms with Gasteiger partial charge in [-0.15, -0.1) is 0 Å². The van der Waals surface area contributed by atoms with Crippen LogP contribution in [0.5, 0.6) is 0 Å². The maximum atomic E-state index is 11.8. The first kappa shape index (κ1) is 14.5. The molecule has 0 fully saturated rings. The molecule has 0 radical (unpaired) electrons. The number of anilines is 1. The standard InChI is InChI=1S/C11H16N2O4S/c1-8(11(14)15)18(16,17)13-10-6-4-3-5-9(10)7-12-2/h3-6,8,12-13H,7H2,1-2H3,(H,14,15). The number of para-hydroxylation sites is 1. The summed E-state index contributed by atoms with van der Waals surface area (Å²) in [7, 11) is -2.19. The van der Waals surface area contributed by atoms with Gasteiger partial charge >= 0.3 is 5.97 Å². The highest BCUT2D eigenvalue weighted by molar-refractivity contribution is 7.94. The van der Waals surface area contributed by atoms with Crippen molar-refractivity contribution in [2.45, 2.75) is 18.7 Å². The molecule has 0 aliphatic carbocycles. The quantitative estimate of drug-likeness (QED) is 0.705. The Morgan fingerprint density at radius 2 is 2.00 bits per heavy atom. The fourth-order valence-corrected chi connectivity index (χ4v) is 2.29. The molecule has 1 atom stereocenters. The first-order chi connectivity index (χ1) is 8.38. The molecular formula is C11H16N2O4S. The molecule has 1 aromatic carbocycles. The Hall–Kier alpha value is -1.60. The number of aliphatic carboxylic acids is 1. The monoisotopic (exact) mass is 272 g/mol. The molecule has 0 saturated carbocycles. The zero-order chi connectivity index (χ0) is 13.8. The summed E-state index contributed by atoms with van der Waals surface area (Å²) in [6.07, 6.45) is 0. The second kappa shape index (κ2) is 5.83. The summed E-state index contributed by atoms with van der Waals surface area (Å²) in [5, 5.41) is 10.1. The van der Waals surface area contributed by atoms with Crippen molar-refractivity contribution in [3.63, 3.8) is 0 Å². The fraction of sp³-hybridized carbons (Fsp3) is 0.364. The first-order valence-electron chi connectivity index (χ1n) is 5.35. The van der Waals surface area contributed by atoms with Gasteiger partial charge in [-0.05, 0) is 25.6 Å². The largest absolute Gasteiger partial charge is 0.480 e. The SMILES string of the molecule is CNCc1ccccc1NS(=O)(=O)C(C)C(=O)O. The van der Waals surface area contributed by atoms with Crippen LogP contribution < -0.4 is 10.0 Å². The van der Waals surface area contributed by atoms with Crippen LogP contribution in [-0.2, 0) is 21.4 Å². The van der Waals surface area contributed by atoms with Gasteiger partial charge in [-0.3, -0.25) is 9.52 Å². The van der Waals surface area contributed by atoms with E-state index >= 15 is 0 Å². The Morgan fingerprint density at radius 1 is 1.39 bits per heavy atom. The van der Waals surface area contributed by atoms with Gasteiger partial charge in [0.25, 0.3) is 0 Å². The van der Waals surface area contributed by atoms with Gasteiger partial charge < -0.3 is 10.4 Å². The van der Waals surface area contributed by atoms with Crippen molar-refractivity contribution >= 4 is 21.7 Å². The van der Waals surface area contributed by atoms with Gasteiger partial charge in [0.05, 0.1) is 5.69 Å². The smallest absolute Gasteiger partial charge is 0.323 e. The maximum Gasteiger partial charge on any atom is 0.323 e. The maximum absolute atomic E-state index is 11.8. The normalized spacial score (nSPS) is 13.0. The molecule has 1 aromatic rings. The molecule has 1 rings (SSSR count). The van der Waals surface area contributed by atoms with Gasteiger partial charge in [0.2, 0.25) is 10.0 Å². The number of carboxylic acid groups (broad SMARTS) is 1. The lowest BCUT2D eigenvalue weighted by Gasteiger charge is -2.14. The molecule has 0 heterocycles. The van der Waals surface area contributed by atoms with Gasteiger partial charge in [0, 0.05) is 6.54 Å². The molecule has 6 nitrogen and oxygen atoms in total. The minimum atomic E-state index is -3.93. The summed E-state index contributed by atoms with van der Waals surface area (Å²) >= 11 is 0. The van der Waals surface area contributed by atoms with Crippen LogP contribution in [0, 0.1) is 0 Å². The summed E-state index contributed by atoms with van der Waals surface area (Å²) in [5.74, 6) is -1.38.